The lowest BCUT2D eigenvalue weighted by molar-refractivity contribution is -0.117. The number of pyridine rings is 1. The standard InChI is InChI=1S/C10H9BrClN5O/c11-10-7(12)1-2-8(15-10)17-5-6(3-9(17)18)4-14-16-13/h1-2,6H,3-5H2. The molecule has 1 fully saturated rings. The van der Waals surface area contributed by atoms with Gasteiger partial charge in [0.25, 0.3) is 0 Å². The molecule has 1 aromatic rings. The molecule has 1 aliphatic heterocycles. The highest BCUT2D eigenvalue weighted by molar-refractivity contribution is 9.10. The fourth-order valence-corrected chi connectivity index (χ4v) is 2.25. The van der Waals surface area contributed by atoms with Crippen molar-refractivity contribution in [2.24, 2.45) is 11.0 Å². The molecule has 2 heterocycles. The molecule has 94 valence electrons. The van der Waals surface area contributed by atoms with Crippen LogP contribution >= 0.6 is 27.5 Å². The Labute approximate surface area is 117 Å². The second-order valence-electron chi connectivity index (χ2n) is 3.93. The molecule has 1 atom stereocenters. The normalized spacial score (nSPS) is 18.9. The number of azide groups is 1. The molecule has 0 spiro atoms. The Bertz CT molecular complexity index is 531. The maximum Gasteiger partial charge on any atom is 0.228 e. The van der Waals surface area contributed by atoms with E-state index >= 15 is 0 Å². The molecule has 0 N–H and O–H groups in total. The third-order valence-electron chi connectivity index (χ3n) is 2.67. The Hall–Kier alpha value is -1.30. The van der Waals surface area contributed by atoms with Crippen LogP contribution in [0.2, 0.25) is 5.02 Å². The van der Waals surface area contributed by atoms with E-state index in [-0.39, 0.29) is 11.8 Å². The van der Waals surface area contributed by atoms with E-state index in [0.29, 0.717) is 35.0 Å². The number of nitrogens with zero attached hydrogens (tertiary/aromatic N) is 5. The maximum absolute atomic E-state index is 11.8. The van der Waals surface area contributed by atoms with Gasteiger partial charge < -0.3 is 0 Å². The summed E-state index contributed by atoms with van der Waals surface area (Å²) in [5, 5.41) is 4.00. The summed E-state index contributed by atoms with van der Waals surface area (Å²) in [4.78, 5) is 20.3. The lowest BCUT2D eigenvalue weighted by atomic mass is 10.1. The van der Waals surface area contributed by atoms with Crippen LogP contribution in [0.25, 0.3) is 10.4 Å². The lowest BCUT2D eigenvalue weighted by Gasteiger charge is -2.15. The second kappa shape index (κ2) is 5.56. The maximum atomic E-state index is 11.8. The van der Waals surface area contributed by atoms with Crippen LogP contribution in [-0.4, -0.2) is 24.0 Å². The zero-order chi connectivity index (χ0) is 13.1. The number of rotatable bonds is 3. The number of halogens is 2. The van der Waals surface area contributed by atoms with Crippen molar-refractivity contribution < 1.29 is 4.79 Å². The molecular weight excluding hydrogens is 322 g/mol. The summed E-state index contributed by atoms with van der Waals surface area (Å²) in [6.45, 7) is 0.840. The first-order chi connectivity index (χ1) is 8.61. The van der Waals surface area contributed by atoms with Gasteiger partial charge in [-0.05, 0) is 39.5 Å². The van der Waals surface area contributed by atoms with Crippen LogP contribution < -0.4 is 4.90 Å². The summed E-state index contributed by atoms with van der Waals surface area (Å²) in [7, 11) is 0. The number of carbonyl (C=O) groups is 1. The molecule has 0 bridgehead atoms. The highest BCUT2D eigenvalue weighted by Crippen LogP contribution is 2.28. The van der Waals surface area contributed by atoms with E-state index in [1.54, 1.807) is 17.0 Å². The number of amides is 1. The molecule has 0 aliphatic carbocycles. The minimum absolute atomic E-state index is 0.0186. The molecule has 2 rings (SSSR count). The van der Waals surface area contributed by atoms with Crippen LogP contribution in [0.5, 0.6) is 0 Å². The van der Waals surface area contributed by atoms with E-state index in [4.69, 9.17) is 17.1 Å². The first-order valence-electron chi connectivity index (χ1n) is 5.25. The highest BCUT2D eigenvalue weighted by atomic mass is 79.9. The number of hydrogen-bond donors (Lipinski definition) is 0. The molecule has 1 aliphatic rings. The van der Waals surface area contributed by atoms with Gasteiger partial charge in [-0.15, -0.1) is 0 Å². The predicted octanol–water partition coefficient (Wildman–Crippen LogP) is 3.16. The third kappa shape index (κ3) is 2.75. The number of aromatic nitrogens is 1. The van der Waals surface area contributed by atoms with E-state index in [9.17, 15) is 4.79 Å². The average molecular weight is 331 g/mol. The fourth-order valence-electron chi connectivity index (χ4n) is 1.84. The monoisotopic (exact) mass is 329 g/mol. The van der Waals surface area contributed by atoms with E-state index in [0.717, 1.165) is 0 Å². The van der Waals surface area contributed by atoms with Crippen LogP contribution in [0.15, 0.2) is 21.9 Å². The smallest absolute Gasteiger partial charge is 0.228 e. The molecule has 1 amide bonds. The number of carbonyl (C=O) groups excluding carboxylic acids is 1. The first kappa shape index (κ1) is 13.1. The summed E-state index contributed by atoms with van der Waals surface area (Å²) in [5.41, 5.74) is 8.27. The lowest BCUT2D eigenvalue weighted by Crippen LogP contribution is -2.25. The van der Waals surface area contributed by atoms with E-state index in [1.807, 2.05) is 0 Å². The highest BCUT2D eigenvalue weighted by Gasteiger charge is 2.30. The van der Waals surface area contributed by atoms with Gasteiger partial charge in [-0.3, -0.25) is 9.69 Å². The van der Waals surface area contributed by atoms with Crippen LogP contribution in [0, 0.1) is 5.92 Å². The Morgan fingerprint density at radius 3 is 3.11 bits per heavy atom. The van der Waals surface area contributed by atoms with Gasteiger partial charge in [-0.1, -0.05) is 16.7 Å². The topological polar surface area (TPSA) is 82.0 Å². The summed E-state index contributed by atoms with van der Waals surface area (Å²) in [6, 6.07) is 3.38. The molecule has 0 aromatic carbocycles. The second-order valence-corrected chi connectivity index (χ2v) is 5.09. The van der Waals surface area contributed by atoms with Crippen molar-refractivity contribution in [3.8, 4) is 0 Å². The zero-order valence-corrected chi connectivity index (χ0v) is 11.6. The van der Waals surface area contributed by atoms with E-state index in [1.165, 1.54) is 0 Å². The summed E-state index contributed by atoms with van der Waals surface area (Å²) in [6.07, 6.45) is 0.376. The van der Waals surface area contributed by atoms with Crippen LogP contribution in [0.3, 0.4) is 0 Å². The van der Waals surface area contributed by atoms with Gasteiger partial charge in [-0.25, -0.2) is 4.98 Å². The summed E-state index contributed by atoms with van der Waals surface area (Å²) in [5.74, 6) is 0.583. The van der Waals surface area contributed by atoms with Crippen molar-refractivity contribution in [2.45, 2.75) is 6.42 Å². The van der Waals surface area contributed by atoms with Gasteiger partial charge in [0.05, 0.1) is 5.02 Å². The van der Waals surface area contributed by atoms with Crippen LogP contribution in [0.4, 0.5) is 5.82 Å². The molecule has 1 saturated heterocycles. The Morgan fingerprint density at radius 1 is 1.67 bits per heavy atom. The van der Waals surface area contributed by atoms with Crippen molar-refractivity contribution in [3.05, 3.63) is 32.2 Å². The fraction of sp³-hybridized carbons (Fsp3) is 0.400. The predicted molar refractivity (Wildman–Crippen MR) is 71.4 cm³/mol. The summed E-state index contributed by atoms with van der Waals surface area (Å²) >= 11 is 9.08. The van der Waals surface area contributed by atoms with Gasteiger partial charge in [0.1, 0.15) is 10.4 Å². The quantitative estimate of drug-likeness (QED) is 0.369. The molecule has 1 aromatic heterocycles. The van der Waals surface area contributed by atoms with Gasteiger partial charge >= 0.3 is 0 Å². The minimum Gasteiger partial charge on any atom is -0.296 e. The molecular formula is C10H9BrClN5O. The van der Waals surface area contributed by atoms with E-state index < -0.39 is 0 Å². The van der Waals surface area contributed by atoms with Gasteiger partial charge in [-0.2, -0.15) is 0 Å². The Morgan fingerprint density at radius 2 is 2.44 bits per heavy atom. The van der Waals surface area contributed by atoms with Crippen molar-refractivity contribution in [1.82, 2.24) is 4.98 Å². The molecule has 1 unspecified atom stereocenters. The van der Waals surface area contributed by atoms with Crippen molar-refractivity contribution >= 4 is 39.3 Å². The Kier molecular flexibility index (Phi) is 4.06. The first-order valence-corrected chi connectivity index (χ1v) is 6.42. The average Bonchev–Trinajstić information content (AvgIpc) is 2.71. The zero-order valence-electron chi connectivity index (χ0n) is 9.25. The van der Waals surface area contributed by atoms with Gasteiger partial charge in [0.2, 0.25) is 5.91 Å². The minimum atomic E-state index is -0.0186. The van der Waals surface area contributed by atoms with Crippen LogP contribution in [0.1, 0.15) is 6.42 Å². The van der Waals surface area contributed by atoms with Gasteiger partial charge in [0.15, 0.2) is 0 Å². The number of anilines is 1. The SMILES string of the molecule is [N-]=[N+]=NCC1CC(=O)N(c2ccc(Cl)c(Br)n2)C1. The molecule has 8 heteroatoms. The largest absolute Gasteiger partial charge is 0.296 e. The summed E-state index contributed by atoms with van der Waals surface area (Å²) < 4.78 is 0.507. The van der Waals surface area contributed by atoms with E-state index in [2.05, 4.69) is 30.9 Å². The van der Waals surface area contributed by atoms with Crippen molar-refractivity contribution in [1.29, 1.82) is 0 Å². The Balaban J connectivity index is 2.16. The molecule has 0 radical (unpaired) electrons. The molecule has 6 nitrogen and oxygen atoms in total. The van der Waals surface area contributed by atoms with Gasteiger partial charge in [0, 0.05) is 24.4 Å². The van der Waals surface area contributed by atoms with Crippen molar-refractivity contribution in [3.63, 3.8) is 0 Å². The molecule has 18 heavy (non-hydrogen) atoms. The van der Waals surface area contributed by atoms with Crippen LogP contribution in [-0.2, 0) is 4.79 Å². The molecule has 0 saturated carbocycles. The number of hydrogen-bond acceptors (Lipinski definition) is 3. The van der Waals surface area contributed by atoms with Crippen molar-refractivity contribution in [2.75, 3.05) is 18.0 Å². The third-order valence-corrected chi connectivity index (χ3v) is 3.81.